The minimum absolute atomic E-state index is 0.0183. The van der Waals surface area contributed by atoms with Crippen LogP contribution in [0.5, 0.6) is 0 Å². The SMILES string of the molecule is CC(C)(C)c1ccc(CCC(=O)Nc2ccc3[nH]ccc3c2)cn1. The number of benzene rings is 1. The summed E-state index contributed by atoms with van der Waals surface area (Å²) in [5, 5.41) is 4.05. The van der Waals surface area contributed by atoms with E-state index in [1.165, 1.54) is 0 Å². The van der Waals surface area contributed by atoms with E-state index in [0.29, 0.717) is 12.8 Å². The number of aromatic amines is 1. The second kappa shape index (κ2) is 6.48. The largest absolute Gasteiger partial charge is 0.361 e. The molecule has 2 N–H and O–H groups in total. The highest BCUT2D eigenvalue weighted by molar-refractivity contribution is 5.93. The van der Waals surface area contributed by atoms with Crippen LogP contribution in [0.4, 0.5) is 5.69 Å². The predicted octanol–water partition coefficient (Wildman–Crippen LogP) is 4.43. The molecule has 1 amide bonds. The van der Waals surface area contributed by atoms with Crippen molar-refractivity contribution in [1.82, 2.24) is 9.97 Å². The standard InChI is InChI=1S/C20H23N3O/c1-20(2,3)18-8-4-14(13-22-18)5-9-19(24)23-16-6-7-17-15(12-16)10-11-21-17/h4,6-8,10-13,21H,5,9H2,1-3H3,(H,23,24). The van der Waals surface area contributed by atoms with Crippen molar-refractivity contribution < 1.29 is 4.79 Å². The molecule has 2 aromatic heterocycles. The van der Waals surface area contributed by atoms with E-state index in [2.05, 4.69) is 42.1 Å². The molecule has 1 aromatic carbocycles. The van der Waals surface area contributed by atoms with Crippen LogP contribution in [0.2, 0.25) is 0 Å². The molecule has 2 heterocycles. The minimum Gasteiger partial charge on any atom is -0.361 e. The minimum atomic E-state index is 0.0183. The number of H-pyrrole nitrogens is 1. The van der Waals surface area contributed by atoms with Gasteiger partial charge in [0.25, 0.3) is 0 Å². The number of aryl methyl sites for hydroxylation is 1. The van der Waals surface area contributed by atoms with E-state index in [4.69, 9.17) is 0 Å². The van der Waals surface area contributed by atoms with Gasteiger partial charge in [-0.2, -0.15) is 0 Å². The highest BCUT2D eigenvalue weighted by Crippen LogP contribution is 2.20. The normalized spacial score (nSPS) is 11.6. The summed E-state index contributed by atoms with van der Waals surface area (Å²) in [5.74, 6) is 0.0183. The molecule has 3 aromatic rings. The number of rotatable bonds is 4. The molecule has 3 rings (SSSR count). The van der Waals surface area contributed by atoms with Crippen LogP contribution < -0.4 is 5.32 Å². The Morgan fingerprint density at radius 2 is 2.00 bits per heavy atom. The first-order valence-electron chi connectivity index (χ1n) is 8.24. The number of carbonyl (C=O) groups is 1. The molecule has 0 unspecified atom stereocenters. The van der Waals surface area contributed by atoms with E-state index in [9.17, 15) is 4.79 Å². The van der Waals surface area contributed by atoms with Gasteiger partial charge in [-0.25, -0.2) is 0 Å². The third-order valence-electron chi connectivity index (χ3n) is 4.07. The van der Waals surface area contributed by atoms with Gasteiger partial charge in [0.1, 0.15) is 0 Å². The predicted molar refractivity (Wildman–Crippen MR) is 98.2 cm³/mol. The van der Waals surface area contributed by atoms with Gasteiger partial charge in [-0.15, -0.1) is 0 Å². The molecule has 0 aliphatic carbocycles. The average Bonchev–Trinajstić information content (AvgIpc) is 3.00. The van der Waals surface area contributed by atoms with Crippen molar-refractivity contribution in [1.29, 1.82) is 0 Å². The van der Waals surface area contributed by atoms with Gasteiger partial charge in [-0.3, -0.25) is 9.78 Å². The summed E-state index contributed by atoms with van der Waals surface area (Å²) >= 11 is 0. The second-order valence-electron chi connectivity index (χ2n) is 7.13. The van der Waals surface area contributed by atoms with E-state index < -0.39 is 0 Å². The maximum atomic E-state index is 12.1. The van der Waals surface area contributed by atoms with Crippen LogP contribution in [-0.4, -0.2) is 15.9 Å². The van der Waals surface area contributed by atoms with Crippen LogP contribution in [0, 0.1) is 0 Å². The summed E-state index contributed by atoms with van der Waals surface area (Å²) in [6.45, 7) is 6.43. The number of amides is 1. The number of anilines is 1. The van der Waals surface area contributed by atoms with Gasteiger partial charge in [0.15, 0.2) is 0 Å². The molecule has 0 radical (unpaired) electrons. The number of fused-ring (bicyclic) bond motifs is 1. The van der Waals surface area contributed by atoms with Gasteiger partial charge in [-0.1, -0.05) is 26.8 Å². The van der Waals surface area contributed by atoms with Crippen molar-refractivity contribution in [2.24, 2.45) is 0 Å². The Morgan fingerprint density at radius 3 is 2.71 bits per heavy atom. The fourth-order valence-electron chi connectivity index (χ4n) is 2.63. The molecule has 124 valence electrons. The van der Waals surface area contributed by atoms with E-state index in [1.54, 1.807) is 0 Å². The maximum Gasteiger partial charge on any atom is 0.224 e. The first kappa shape index (κ1) is 16.2. The Labute approximate surface area is 142 Å². The molecule has 0 atom stereocenters. The molecule has 24 heavy (non-hydrogen) atoms. The lowest BCUT2D eigenvalue weighted by atomic mass is 9.91. The Kier molecular flexibility index (Phi) is 4.38. The van der Waals surface area contributed by atoms with Gasteiger partial charge in [-0.05, 0) is 42.3 Å². The summed E-state index contributed by atoms with van der Waals surface area (Å²) in [6, 6.07) is 12.0. The van der Waals surface area contributed by atoms with Gasteiger partial charge in [0.2, 0.25) is 5.91 Å². The van der Waals surface area contributed by atoms with Crippen LogP contribution in [0.25, 0.3) is 10.9 Å². The molecule has 0 aliphatic rings. The van der Waals surface area contributed by atoms with Gasteiger partial charge < -0.3 is 10.3 Å². The summed E-state index contributed by atoms with van der Waals surface area (Å²) in [7, 11) is 0. The smallest absolute Gasteiger partial charge is 0.224 e. The number of pyridine rings is 1. The molecule has 0 aliphatic heterocycles. The molecule has 4 heteroatoms. The molecule has 0 saturated carbocycles. The van der Waals surface area contributed by atoms with Gasteiger partial charge >= 0.3 is 0 Å². The van der Waals surface area contributed by atoms with Crippen molar-refractivity contribution >= 4 is 22.5 Å². The zero-order valence-corrected chi connectivity index (χ0v) is 14.4. The average molecular weight is 321 g/mol. The highest BCUT2D eigenvalue weighted by atomic mass is 16.1. The lowest BCUT2D eigenvalue weighted by Crippen LogP contribution is -2.14. The molecule has 0 spiro atoms. The van der Waals surface area contributed by atoms with Crippen molar-refractivity contribution in [3.63, 3.8) is 0 Å². The van der Waals surface area contributed by atoms with Crippen molar-refractivity contribution in [3.8, 4) is 0 Å². The molecule has 4 nitrogen and oxygen atoms in total. The maximum absolute atomic E-state index is 12.1. The van der Waals surface area contributed by atoms with E-state index in [0.717, 1.165) is 27.8 Å². The summed E-state index contributed by atoms with van der Waals surface area (Å²) in [5.41, 5.74) is 4.09. The third kappa shape index (κ3) is 3.82. The number of hydrogen-bond acceptors (Lipinski definition) is 2. The number of carbonyl (C=O) groups excluding carboxylic acids is 1. The van der Waals surface area contributed by atoms with Crippen LogP contribution in [0.15, 0.2) is 48.8 Å². The molecule has 0 saturated heterocycles. The first-order valence-corrected chi connectivity index (χ1v) is 8.24. The van der Waals surface area contributed by atoms with Crippen molar-refractivity contribution in [3.05, 3.63) is 60.0 Å². The Morgan fingerprint density at radius 1 is 1.17 bits per heavy atom. The van der Waals surface area contributed by atoms with Crippen molar-refractivity contribution in [2.75, 3.05) is 5.32 Å². The first-order chi connectivity index (χ1) is 11.4. The summed E-state index contributed by atoms with van der Waals surface area (Å²) in [6.07, 6.45) is 4.90. The molecule has 0 fully saturated rings. The Hall–Kier alpha value is -2.62. The number of hydrogen-bond donors (Lipinski definition) is 2. The molecular formula is C20H23N3O. The number of aromatic nitrogens is 2. The number of nitrogens with zero attached hydrogens (tertiary/aromatic N) is 1. The summed E-state index contributed by atoms with van der Waals surface area (Å²) < 4.78 is 0. The molecule has 0 bridgehead atoms. The van der Waals surface area contributed by atoms with E-state index >= 15 is 0 Å². The fourth-order valence-corrected chi connectivity index (χ4v) is 2.63. The zero-order chi connectivity index (χ0) is 17.2. The second-order valence-corrected chi connectivity index (χ2v) is 7.13. The zero-order valence-electron chi connectivity index (χ0n) is 14.4. The van der Waals surface area contributed by atoms with E-state index in [-0.39, 0.29) is 11.3 Å². The topological polar surface area (TPSA) is 57.8 Å². The molecular weight excluding hydrogens is 298 g/mol. The van der Waals surface area contributed by atoms with Gasteiger partial charge in [0.05, 0.1) is 0 Å². The fraction of sp³-hybridized carbons (Fsp3) is 0.300. The van der Waals surface area contributed by atoms with Crippen LogP contribution in [0.1, 0.15) is 38.4 Å². The van der Waals surface area contributed by atoms with Gasteiger partial charge in [0, 0.05) is 46.5 Å². The Bertz CT molecular complexity index is 841. The highest BCUT2D eigenvalue weighted by Gasteiger charge is 2.14. The number of nitrogens with one attached hydrogen (secondary N) is 2. The third-order valence-corrected chi connectivity index (χ3v) is 4.07. The van der Waals surface area contributed by atoms with Crippen molar-refractivity contribution in [2.45, 2.75) is 39.0 Å². The lowest BCUT2D eigenvalue weighted by molar-refractivity contribution is -0.116. The summed E-state index contributed by atoms with van der Waals surface area (Å²) in [4.78, 5) is 19.8. The van der Waals surface area contributed by atoms with E-state index in [1.807, 2.05) is 42.7 Å². The quantitative estimate of drug-likeness (QED) is 0.747. The Balaban J connectivity index is 1.57. The van der Waals surface area contributed by atoms with Crippen LogP contribution in [0.3, 0.4) is 0 Å². The lowest BCUT2D eigenvalue weighted by Gasteiger charge is -2.17. The van der Waals surface area contributed by atoms with Crippen LogP contribution >= 0.6 is 0 Å². The monoisotopic (exact) mass is 321 g/mol. The van der Waals surface area contributed by atoms with Crippen LogP contribution in [-0.2, 0) is 16.6 Å².